The van der Waals surface area contributed by atoms with Crippen molar-refractivity contribution in [2.24, 2.45) is 7.05 Å². The molecule has 2 heterocycles. The molecule has 0 saturated heterocycles. The number of benzene rings is 1. The lowest BCUT2D eigenvalue weighted by atomic mass is 10.1. The van der Waals surface area contributed by atoms with Crippen LogP contribution in [0.3, 0.4) is 0 Å². The highest BCUT2D eigenvalue weighted by atomic mass is 32.1. The molecule has 25 heavy (non-hydrogen) atoms. The predicted molar refractivity (Wildman–Crippen MR) is 95.3 cm³/mol. The van der Waals surface area contributed by atoms with Crippen molar-refractivity contribution in [2.75, 3.05) is 5.32 Å². The molecular weight excluding hydrogens is 342 g/mol. The largest absolute Gasteiger partial charge is 0.481 e. The Hall–Kier alpha value is -3.00. The molecule has 0 aliphatic heterocycles. The van der Waals surface area contributed by atoms with E-state index < -0.39 is 5.97 Å². The minimum Gasteiger partial charge on any atom is -0.481 e. The number of amides is 1. The maximum absolute atomic E-state index is 12.5. The van der Waals surface area contributed by atoms with Crippen molar-refractivity contribution in [1.82, 2.24) is 9.55 Å². The van der Waals surface area contributed by atoms with E-state index >= 15 is 0 Å². The van der Waals surface area contributed by atoms with Crippen molar-refractivity contribution >= 4 is 39.1 Å². The molecule has 8 heteroatoms. The van der Waals surface area contributed by atoms with Crippen molar-refractivity contribution in [3.8, 4) is 0 Å². The first-order chi connectivity index (χ1) is 11.9. The Kier molecular flexibility index (Phi) is 4.37. The van der Waals surface area contributed by atoms with E-state index in [2.05, 4.69) is 10.3 Å². The van der Waals surface area contributed by atoms with E-state index in [9.17, 15) is 14.4 Å². The Morgan fingerprint density at radius 2 is 1.96 bits per heavy atom. The summed E-state index contributed by atoms with van der Waals surface area (Å²) < 4.78 is 1.38. The van der Waals surface area contributed by atoms with Crippen molar-refractivity contribution in [1.29, 1.82) is 0 Å². The summed E-state index contributed by atoms with van der Waals surface area (Å²) in [6.07, 6.45) is 1.36. The van der Waals surface area contributed by atoms with Crippen molar-refractivity contribution in [2.45, 2.75) is 13.3 Å². The monoisotopic (exact) mass is 357 g/mol. The van der Waals surface area contributed by atoms with E-state index in [1.807, 2.05) is 0 Å². The summed E-state index contributed by atoms with van der Waals surface area (Å²) in [5.41, 5.74) is 1.62. The number of aryl methyl sites for hydroxylation is 2. The van der Waals surface area contributed by atoms with Crippen LogP contribution in [0.25, 0.3) is 10.2 Å². The highest BCUT2D eigenvalue weighted by Gasteiger charge is 2.19. The van der Waals surface area contributed by atoms with Crippen molar-refractivity contribution in [3.05, 3.63) is 57.0 Å². The first kappa shape index (κ1) is 16.8. The van der Waals surface area contributed by atoms with Crippen LogP contribution in [0, 0.1) is 6.92 Å². The number of aromatic nitrogens is 2. The van der Waals surface area contributed by atoms with Crippen LogP contribution in [0.4, 0.5) is 5.69 Å². The van der Waals surface area contributed by atoms with Gasteiger partial charge in [-0.25, -0.2) is 4.98 Å². The summed E-state index contributed by atoms with van der Waals surface area (Å²) in [4.78, 5) is 40.6. The molecule has 1 amide bonds. The lowest BCUT2D eigenvalue weighted by Gasteiger charge is -2.05. The summed E-state index contributed by atoms with van der Waals surface area (Å²) in [5.74, 6) is -1.24. The van der Waals surface area contributed by atoms with Gasteiger partial charge in [0.25, 0.3) is 11.5 Å². The fourth-order valence-corrected chi connectivity index (χ4v) is 3.53. The summed E-state index contributed by atoms with van der Waals surface area (Å²) in [5, 5.41) is 12.0. The molecule has 2 N–H and O–H groups in total. The molecule has 0 radical (unpaired) electrons. The molecule has 7 nitrogen and oxygen atoms in total. The van der Waals surface area contributed by atoms with Crippen LogP contribution in [0.5, 0.6) is 0 Å². The summed E-state index contributed by atoms with van der Waals surface area (Å²) >= 11 is 1.17. The molecule has 2 aromatic heterocycles. The van der Waals surface area contributed by atoms with Gasteiger partial charge in [-0.15, -0.1) is 11.3 Å². The third-order valence-electron chi connectivity index (χ3n) is 3.78. The molecule has 128 valence electrons. The Balaban J connectivity index is 1.88. The van der Waals surface area contributed by atoms with E-state index in [0.29, 0.717) is 31.9 Å². The molecule has 0 fully saturated rings. The van der Waals surface area contributed by atoms with Crippen molar-refractivity contribution in [3.63, 3.8) is 0 Å². The second kappa shape index (κ2) is 6.48. The van der Waals surface area contributed by atoms with E-state index in [1.54, 1.807) is 38.2 Å². The van der Waals surface area contributed by atoms with Gasteiger partial charge in [-0.3, -0.25) is 14.4 Å². The highest BCUT2D eigenvalue weighted by Crippen LogP contribution is 2.27. The Labute approximate surface area is 146 Å². The average Bonchev–Trinajstić information content (AvgIpc) is 2.90. The fourth-order valence-electron chi connectivity index (χ4n) is 2.49. The van der Waals surface area contributed by atoms with Gasteiger partial charge >= 0.3 is 5.97 Å². The maximum Gasteiger partial charge on any atom is 0.307 e. The molecule has 0 atom stereocenters. The normalized spacial score (nSPS) is 10.8. The second-order valence-corrected chi connectivity index (χ2v) is 6.62. The number of rotatable bonds is 4. The number of fused-ring (bicyclic) bond motifs is 1. The number of carboxylic acid groups (broad SMARTS) is 1. The first-order valence-electron chi connectivity index (χ1n) is 7.43. The summed E-state index contributed by atoms with van der Waals surface area (Å²) in [6.45, 7) is 1.73. The molecular formula is C17H15N3O4S. The number of carbonyl (C=O) groups excluding carboxylic acids is 1. The maximum atomic E-state index is 12.5. The average molecular weight is 357 g/mol. The van der Waals surface area contributed by atoms with E-state index in [0.717, 1.165) is 0 Å². The van der Waals surface area contributed by atoms with Crippen LogP contribution in [0.1, 0.15) is 20.8 Å². The first-order valence-corrected chi connectivity index (χ1v) is 8.25. The number of hydrogen-bond donors (Lipinski definition) is 2. The number of hydrogen-bond acceptors (Lipinski definition) is 5. The smallest absolute Gasteiger partial charge is 0.307 e. The van der Waals surface area contributed by atoms with Gasteiger partial charge in [-0.1, -0.05) is 12.1 Å². The standard InChI is InChI=1S/C17H15N3O4S/c1-9-13-16(18-8-20(2)17(13)24)25-14(9)15(23)19-11-5-3-10(4-6-11)7-12(21)22/h3-6,8H,7H2,1-2H3,(H,19,23)(H,21,22). The zero-order chi connectivity index (χ0) is 18.1. The molecule has 0 unspecified atom stereocenters. The van der Waals surface area contributed by atoms with Crippen LogP contribution in [0.15, 0.2) is 35.4 Å². The minimum absolute atomic E-state index is 0.0708. The minimum atomic E-state index is -0.910. The van der Waals surface area contributed by atoms with Gasteiger partial charge in [-0.2, -0.15) is 0 Å². The van der Waals surface area contributed by atoms with Crippen molar-refractivity contribution < 1.29 is 14.7 Å². The van der Waals surface area contributed by atoms with Crippen LogP contribution in [-0.4, -0.2) is 26.5 Å². The Bertz CT molecular complexity index is 1030. The zero-order valence-electron chi connectivity index (χ0n) is 13.6. The van der Waals surface area contributed by atoms with Gasteiger partial charge in [0.05, 0.1) is 23.0 Å². The van der Waals surface area contributed by atoms with Gasteiger partial charge in [0, 0.05) is 12.7 Å². The molecule has 3 aromatic rings. The lowest BCUT2D eigenvalue weighted by Crippen LogP contribution is -2.17. The third kappa shape index (κ3) is 3.29. The van der Waals surface area contributed by atoms with Crippen LogP contribution >= 0.6 is 11.3 Å². The molecule has 3 rings (SSSR count). The second-order valence-electron chi connectivity index (χ2n) is 5.62. The molecule has 1 aromatic carbocycles. The third-order valence-corrected chi connectivity index (χ3v) is 4.98. The predicted octanol–water partition coefficient (Wildman–Crippen LogP) is 2.18. The van der Waals surface area contributed by atoms with Crippen LogP contribution in [-0.2, 0) is 18.3 Å². The highest BCUT2D eigenvalue weighted by molar-refractivity contribution is 7.20. The Morgan fingerprint density at radius 3 is 2.60 bits per heavy atom. The number of anilines is 1. The topological polar surface area (TPSA) is 101 Å². The van der Waals surface area contributed by atoms with Gasteiger partial charge in [0.1, 0.15) is 4.83 Å². The van der Waals surface area contributed by atoms with Gasteiger partial charge in [0.15, 0.2) is 0 Å². The number of carboxylic acids is 1. The fraction of sp³-hybridized carbons (Fsp3) is 0.176. The Morgan fingerprint density at radius 1 is 1.28 bits per heavy atom. The number of aliphatic carboxylic acids is 1. The van der Waals surface area contributed by atoms with Crippen LogP contribution in [0.2, 0.25) is 0 Å². The summed E-state index contributed by atoms with van der Waals surface area (Å²) in [6, 6.07) is 6.60. The number of nitrogens with zero attached hydrogens (tertiary/aromatic N) is 2. The summed E-state index contributed by atoms with van der Waals surface area (Å²) in [7, 11) is 1.62. The molecule has 0 aliphatic carbocycles. The number of carbonyl (C=O) groups is 2. The van der Waals surface area contributed by atoms with Gasteiger partial charge in [0.2, 0.25) is 0 Å². The number of nitrogens with one attached hydrogen (secondary N) is 1. The molecule has 0 spiro atoms. The molecule has 0 saturated carbocycles. The van der Waals surface area contributed by atoms with E-state index in [4.69, 9.17) is 5.11 Å². The zero-order valence-corrected chi connectivity index (χ0v) is 14.4. The SMILES string of the molecule is Cc1c(C(=O)Nc2ccc(CC(=O)O)cc2)sc2ncn(C)c(=O)c12. The lowest BCUT2D eigenvalue weighted by molar-refractivity contribution is -0.136. The molecule has 0 aliphatic rings. The van der Waals surface area contributed by atoms with Gasteiger partial charge < -0.3 is 15.0 Å². The number of thiophene rings is 1. The quantitative estimate of drug-likeness (QED) is 0.745. The van der Waals surface area contributed by atoms with Gasteiger partial charge in [-0.05, 0) is 30.2 Å². The molecule has 0 bridgehead atoms. The van der Waals surface area contributed by atoms with E-state index in [1.165, 1.54) is 22.2 Å². The van der Waals surface area contributed by atoms with E-state index in [-0.39, 0.29) is 17.9 Å². The van der Waals surface area contributed by atoms with Crippen LogP contribution < -0.4 is 10.9 Å².